The molecule has 1 aliphatic rings. The van der Waals surface area contributed by atoms with Crippen LogP contribution in [-0.4, -0.2) is 52.6 Å². The highest BCUT2D eigenvalue weighted by atomic mass is 79.9. The van der Waals surface area contributed by atoms with Crippen LogP contribution in [-0.2, 0) is 4.74 Å². The summed E-state index contributed by atoms with van der Waals surface area (Å²) < 4.78 is 6.27. The molecule has 1 aromatic heterocycles. The maximum Gasteiger partial charge on any atom is 0.250 e. The zero-order chi connectivity index (χ0) is 22.5. The smallest absolute Gasteiger partial charge is 0.250 e. The van der Waals surface area contributed by atoms with Crippen molar-refractivity contribution in [3.63, 3.8) is 0 Å². The van der Waals surface area contributed by atoms with Gasteiger partial charge in [-0.25, -0.2) is 5.43 Å². The number of hydrogen-bond donors (Lipinski definition) is 3. The second-order valence-electron chi connectivity index (χ2n) is 7.05. The van der Waals surface area contributed by atoms with Gasteiger partial charge in [0.15, 0.2) is 0 Å². The van der Waals surface area contributed by atoms with Crippen LogP contribution in [0.4, 0.5) is 23.5 Å². The third kappa shape index (κ3) is 5.64. The second kappa shape index (κ2) is 10.1. The molecule has 0 aliphatic carbocycles. The van der Waals surface area contributed by atoms with Crippen LogP contribution in [0.15, 0.2) is 46.0 Å². The van der Waals surface area contributed by atoms with E-state index < -0.39 is 0 Å². The van der Waals surface area contributed by atoms with Crippen molar-refractivity contribution >= 4 is 57.3 Å². The molecule has 0 atom stereocenters. The summed E-state index contributed by atoms with van der Waals surface area (Å²) in [4.78, 5) is 15.6. The van der Waals surface area contributed by atoms with Crippen molar-refractivity contribution in [2.24, 2.45) is 5.10 Å². The number of halogens is 2. The predicted octanol–water partition coefficient (Wildman–Crippen LogP) is 4.33. The van der Waals surface area contributed by atoms with Crippen LogP contribution in [0.1, 0.15) is 11.1 Å². The molecular weight excluding hydrogens is 498 g/mol. The molecule has 0 bridgehead atoms. The van der Waals surface area contributed by atoms with Crippen LogP contribution in [0, 0.1) is 6.92 Å². The fraction of sp³-hybridized carbons (Fsp3) is 0.238. The van der Waals surface area contributed by atoms with Gasteiger partial charge >= 0.3 is 0 Å². The van der Waals surface area contributed by atoms with Gasteiger partial charge in [0.25, 0.3) is 0 Å². The number of morpholine rings is 1. The number of benzene rings is 2. The van der Waals surface area contributed by atoms with Crippen molar-refractivity contribution < 1.29 is 9.84 Å². The van der Waals surface area contributed by atoms with E-state index in [0.717, 1.165) is 21.3 Å². The van der Waals surface area contributed by atoms with Crippen molar-refractivity contribution in [1.82, 2.24) is 15.0 Å². The van der Waals surface area contributed by atoms with E-state index in [1.807, 2.05) is 24.0 Å². The molecule has 3 aromatic rings. The number of nitrogens with zero attached hydrogens (tertiary/aromatic N) is 5. The summed E-state index contributed by atoms with van der Waals surface area (Å²) in [5.74, 6) is 1.35. The lowest BCUT2D eigenvalue weighted by Gasteiger charge is -2.27. The summed E-state index contributed by atoms with van der Waals surface area (Å²) in [5, 5.41) is 17.4. The third-order valence-electron chi connectivity index (χ3n) is 4.68. The quantitative estimate of drug-likeness (QED) is 0.327. The Morgan fingerprint density at radius 3 is 2.59 bits per heavy atom. The lowest BCUT2D eigenvalue weighted by molar-refractivity contribution is 0.122. The minimum absolute atomic E-state index is 0.195. The second-order valence-corrected chi connectivity index (χ2v) is 8.31. The van der Waals surface area contributed by atoms with Gasteiger partial charge in [-0.3, -0.25) is 0 Å². The number of aromatic nitrogens is 3. The van der Waals surface area contributed by atoms with Crippen LogP contribution in [0.3, 0.4) is 0 Å². The molecule has 166 valence electrons. The van der Waals surface area contributed by atoms with Gasteiger partial charge in [0.05, 0.1) is 25.1 Å². The minimum atomic E-state index is 0.195. The number of aromatic hydroxyl groups is 1. The number of phenolic OH excluding ortho intramolecular Hbond substituents is 1. The number of hydrazone groups is 1. The van der Waals surface area contributed by atoms with E-state index >= 15 is 0 Å². The molecular formula is C21H21BrClN7O2. The Balaban J connectivity index is 1.60. The summed E-state index contributed by atoms with van der Waals surface area (Å²) >= 11 is 9.84. The zero-order valence-corrected chi connectivity index (χ0v) is 19.6. The fourth-order valence-electron chi connectivity index (χ4n) is 2.96. The number of nitrogens with one attached hydrogen (secondary N) is 2. The molecule has 0 saturated carbocycles. The Morgan fingerprint density at radius 1 is 1.12 bits per heavy atom. The molecule has 0 radical (unpaired) electrons. The number of aryl methyl sites for hydroxylation is 1. The average molecular weight is 519 g/mol. The molecule has 3 N–H and O–H groups in total. The van der Waals surface area contributed by atoms with E-state index in [-0.39, 0.29) is 11.7 Å². The molecule has 4 rings (SSSR count). The number of ether oxygens (including phenoxy) is 1. The van der Waals surface area contributed by atoms with Gasteiger partial charge in [-0.15, -0.1) is 0 Å². The van der Waals surface area contributed by atoms with Gasteiger partial charge in [0.2, 0.25) is 17.8 Å². The highest BCUT2D eigenvalue weighted by Crippen LogP contribution is 2.31. The van der Waals surface area contributed by atoms with Gasteiger partial charge in [0.1, 0.15) is 5.75 Å². The minimum Gasteiger partial charge on any atom is -0.508 e. The first-order chi connectivity index (χ1) is 15.5. The van der Waals surface area contributed by atoms with Crippen LogP contribution >= 0.6 is 27.5 Å². The van der Waals surface area contributed by atoms with Gasteiger partial charge in [0, 0.05) is 22.6 Å². The first-order valence-corrected chi connectivity index (χ1v) is 11.0. The Bertz CT molecular complexity index is 1120. The van der Waals surface area contributed by atoms with E-state index in [0.29, 0.717) is 43.2 Å². The Hall–Kier alpha value is -2.95. The van der Waals surface area contributed by atoms with Crippen molar-refractivity contribution in [3.8, 4) is 5.75 Å². The van der Waals surface area contributed by atoms with Crippen LogP contribution in [0.2, 0.25) is 5.02 Å². The normalized spacial score (nSPS) is 14.0. The first-order valence-electron chi connectivity index (χ1n) is 9.87. The molecule has 1 saturated heterocycles. The van der Waals surface area contributed by atoms with E-state index in [9.17, 15) is 5.11 Å². The van der Waals surface area contributed by atoms with Crippen molar-refractivity contribution in [3.05, 3.63) is 57.0 Å². The van der Waals surface area contributed by atoms with E-state index in [2.05, 4.69) is 46.7 Å². The van der Waals surface area contributed by atoms with Crippen molar-refractivity contribution in [1.29, 1.82) is 0 Å². The van der Waals surface area contributed by atoms with Gasteiger partial charge in [-0.05, 0) is 70.4 Å². The maximum absolute atomic E-state index is 9.40. The largest absolute Gasteiger partial charge is 0.508 e. The molecule has 1 aliphatic heterocycles. The van der Waals surface area contributed by atoms with Crippen LogP contribution < -0.4 is 15.6 Å². The standard InChI is InChI=1S/C21H21BrClN7O2/c1-13-10-16(22)18(11-17(13)23)25-19-26-20(28-21(27-19)30-6-8-32-9-7-30)29-24-12-14-2-4-15(31)5-3-14/h2-5,10-12,31H,6-9H2,1H3,(H2,25,26,27,28,29)/b24-12-. The maximum atomic E-state index is 9.40. The lowest BCUT2D eigenvalue weighted by Crippen LogP contribution is -2.37. The van der Waals surface area contributed by atoms with Crippen molar-refractivity contribution in [2.45, 2.75) is 6.92 Å². The molecule has 11 heteroatoms. The molecule has 0 unspecified atom stereocenters. The monoisotopic (exact) mass is 517 g/mol. The zero-order valence-electron chi connectivity index (χ0n) is 17.2. The van der Waals surface area contributed by atoms with E-state index in [1.54, 1.807) is 30.5 Å². The van der Waals surface area contributed by atoms with Crippen LogP contribution in [0.25, 0.3) is 0 Å². The lowest BCUT2D eigenvalue weighted by atomic mass is 10.2. The summed E-state index contributed by atoms with van der Waals surface area (Å²) in [7, 11) is 0. The topological polar surface area (TPSA) is 108 Å². The van der Waals surface area contributed by atoms with Gasteiger partial charge in [-0.1, -0.05) is 11.6 Å². The van der Waals surface area contributed by atoms with Gasteiger partial charge in [-0.2, -0.15) is 20.1 Å². The summed E-state index contributed by atoms with van der Waals surface area (Å²) in [6.45, 7) is 4.51. The Morgan fingerprint density at radius 2 is 1.84 bits per heavy atom. The number of anilines is 4. The first kappa shape index (κ1) is 22.3. The number of hydrogen-bond acceptors (Lipinski definition) is 9. The molecule has 32 heavy (non-hydrogen) atoms. The Labute approximate surface area is 198 Å². The average Bonchev–Trinajstić information content (AvgIpc) is 2.79. The van der Waals surface area contributed by atoms with E-state index in [1.165, 1.54) is 0 Å². The molecule has 1 fully saturated rings. The highest BCUT2D eigenvalue weighted by molar-refractivity contribution is 9.10. The van der Waals surface area contributed by atoms with Gasteiger partial charge < -0.3 is 20.1 Å². The molecule has 0 amide bonds. The Kier molecular flexibility index (Phi) is 7.03. The highest BCUT2D eigenvalue weighted by Gasteiger charge is 2.17. The van der Waals surface area contributed by atoms with Crippen LogP contribution in [0.5, 0.6) is 5.75 Å². The molecule has 9 nitrogen and oxygen atoms in total. The van der Waals surface area contributed by atoms with E-state index in [4.69, 9.17) is 16.3 Å². The summed E-state index contributed by atoms with van der Waals surface area (Å²) in [5.41, 5.74) is 5.36. The third-order valence-corrected chi connectivity index (χ3v) is 5.75. The SMILES string of the molecule is Cc1cc(Br)c(Nc2nc(N/N=C\c3ccc(O)cc3)nc(N3CCOCC3)n2)cc1Cl. The predicted molar refractivity (Wildman–Crippen MR) is 129 cm³/mol. The van der Waals surface area contributed by atoms with Crippen molar-refractivity contribution in [2.75, 3.05) is 41.9 Å². The molecule has 0 spiro atoms. The summed E-state index contributed by atoms with van der Waals surface area (Å²) in [6, 6.07) is 10.4. The number of phenols is 1. The fourth-order valence-corrected chi connectivity index (χ4v) is 3.68. The molecule has 2 aromatic carbocycles. The summed E-state index contributed by atoms with van der Waals surface area (Å²) in [6.07, 6.45) is 1.61. The molecule has 2 heterocycles. The number of rotatable bonds is 6.